The van der Waals surface area contributed by atoms with Crippen molar-refractivity contribution in [3.05, 3.63) is 0 Å². The topological polar surface area (TPSA) is 44.4 Å². The van der Waals surface area contributed by atoms with E-state index in [4.69, 9.17) is 0 Å². The minimum Gasteiger partial charge on any atom is -0.355 e. The summed E-state index contributed by atoms with van der Waals surface area (Å²) in [5, 5.41) is 6.46. The summed E-state index contributed by atoms with van der Waals surface area (Å²) < 4.78 is 0. The summed E-state index contributed by atoms with van der Waals surface area (Å²) >= 11 is 0. The second kappa shape index (κ2) is 5.83. The van der Waals surface area contributed by atoms with Gasteiger partial charge in [0.25, 0.3) is 0 Å². The van der Waals surface area contributed by atoms with Crippen molar-refractivity contribution in [2.24, 2.45) is 5.92 Å². The highest BCUT2D eigenvalue weighted by Gasteiger charge is 2.35. The van der Waals surface area contributed by atoms with Gasteiger partial charge in [0.05, 0.1) is 6.04 Å². The highest BCUT2D eigenvalue weighted by atomic mass is 16.2. The molecule has 4 heteroatoms. The summed E-state index contributed by atoms with van der Waals surface area (Å²) in [6, 6.07) is 0.451. The predicted octanol–water partition coefficient (Wildman–Crippen LogP) is 0.585. The van der Waals surface area contributed by atoms with Crippen LogP contribution in [0.5, 0.6) is 0 Å². The van der Waals surface area contributed by atoms with Crippen LogP contribution in [0.3, 0.4) is 0 Å². The SMILES string of the molecule is CCCNC(=O)C(C)NC1CN2CCC1CC2. The van der Waals surface area contributed by atoms with E-state index in [1.54, 1.807) is 0 Å². The van der Waals surface area contributed by atoms with Crippen molar-refractivity contribution in [1.29, 1.82) is 0 Å². The van der Waals surface area contributed by atoms with Crippen molar-refractivity contribution in [1.82, 2.24) is 15.5 Å². The second-order valence-corrected chi connectivity index (χ2v) is 5.42. The van der Waals surface area contributed by atoms with Crippen LogP contribution in [0.2, 0.25) is 0 Å². The van der Waals surface area contributed by atoms with Crippen LogP contribution >= 0.6 is 0 Å². The van der Waals surface area contributed by atoms with Crippen molar-refractivity contribution in [3.63, 3.8) is 0 Å². The largest absolute Gasteiger partial charge is 0.355 e. The molecule has 0 spiro atoms. The Balaban J connectivity index is 1.78. The first-order valence-corrected chi connectivity index (χ1v) is 6.96. The van der Waals surface area contributed by atoms with Crippen molar-refractivity contribution in [2.75, 3.05) is 26.2 Å². The maximum Gasteiger partial charge on any atom is 0.236 e. The van der Waals surface area contributed by atoms with Gasteiger partial charge in [-0.2, -0.15) is 0 Å². The van der Waals surface area contributed by atoms with Crippen molar-refractivity contribution >= 4 is 5.91 Å². The number of hydrogen-bond donors (Lipinski definition) is 2. The van der Waals surface area contributed by atoms with Crippen molar-refractivity contribution in [3.8, 4) is 0 Å². The third kappa shape index (κ3) is 3.19. The van der Waals surface area contributed by atoms with Crippen LogP contribution in [0.1, 0.15) is 33.1 Å². The maximum atomic E-state index is 11.8. The Bertz CT molecular complexity index is 261. The average Bonchev–Trinajstić information content (AvgIpc) is 2.37. The Labute approximate surface area is 104 Å². The molecule has 3 aliphatic rings. The molecule has 2 atom stereocenters. The fourth-order valence-electron chi connectivity index (χ4n) is 2.95. The molecule has 0 saturated carbocycles. The summed E-state index contributed by atoms with van der Waals surface area (Å²) in [6.45, 7) is 8.45. The molecular weight excluding hydrogens is 214 g/mol. The van der Waals surface area contributed by atoms with E-state index in [0.29, 0.717) is 6.04 Å². The summed E-state index contributed by atoms with van der Waals surface area (Å²) in [5.74, 6) is 0.921. The molecular formula is C13H25N3O. The Morgan fingerprint density at radius 3 is 2.65 bits per heavy atom. The summed E-state index contributed by atoms with van der Waals surface area (Å²) in [6.07, 6.45) is 3.58. The van der Waals surface area contributed by atoms with Crippen LogP contribution in [0.25, 0.3) is 0 Å². The summed E-state index contributed by atoms with van der Waals surface area (Å²) in [4.78, 5) is 14.3. The highest BCUT2D eigenvalue weighted by molar-refractivity contribution is 5.81. The zero-order valence-corrected chi connectivity index (χ0v) is 11.0. The lowest BCUT2D eigenvalue weighted by Gasteiger charge is -2.45. The Morgan fingerprint density at radius 1 is 1.41 bits per heavy atom. The molecule has 17 heavy (non-hydrogen) atoms. The standard InChI is InChI=1S/C13H25N3O/c1-3-6-14-13(17)10(2)15-12-9-16-7-4-11(12)5-8-16/h10-12,15H,3-9H2,1-2H3,(H,14,17). The fourth-order valence-corrected chi connectivity index (χ4v) is 2.95. The normalized spacial score (nSPS) is 33.4. The molecule has 1 amide bonds. The van der Waals surface area contributed by atoms with Gasteiger partial charge in [0.2, 0.25) is 5.91 Å². The number of amides is 1. The Hall–Kier alpha value is -0.610. The second-order valence-electron chi connectivity index (χ2n) is 5.42. The van der Waals surface area contributed by atoms with Crippen LogP contribution in [-0.2, 0) is 4.79 Å². The molecule has 0 aromatic carbocycles. The first-order chi connectivity index (χ1) is 8.20. The molecule has 0 aliphatic carbocycles. The molecule has 2 bridgehead atoms. The monoisotopic (exact) mass is 239 g/mol. The predicted molar refractivity (Wildman–Crippen MR) is 68.9 cm³/mol. The van der Waals surface area contributed by atoms with Gasteiger partial charge >= 0.3 is 0 Å². The number of carbonyl (C=O) groups is 1. The van der Waals surface area contributed by atoms with Gasteiger partial charge in [0.1, 0.15) is 0 Å². The van der Waals surface area contributed by atoms with Crippen LogP contribution in [0.4, 0.5) is 0 Å². The lowest BCUT2D eigenvalue weighted by molar-refractivity contribution is -0.123. The number of nitrogens with one attached hydrogen (secondary N) is 2. The smallest absolute Gasteiger partial charge is 0.236 e. The highest BCUT2D eigenvalue weighted by Crippen LogP contribution is 2.27. The van der Waals surface area contributed by atoms with E-state index in [0.717, 1.165) is 25.4 Å². The summed E-state index contributed by atoms with van der Waals surface area (Å²) in [7, 11) is 0. The number of nitrogens with zero attached hydrogens (tertiary/aromatic N) is 1. The molecule has 0 aromatic rings. The lowest BCUT2D eigenvalue weighted by Crippen LogP contribution is -2.59. The van der Waals surface area contributed by atoms with Gasteiger partial charge in [0.15, 0.2) is 0 Å². The third-order valence-electron chi connectivity index (χ3n) is 4.06. The third-order valence-corrected chi connectivity index (χ3v) is 4.06. The molecule has 3 fully saturated rings. The molecule has 3 saturated heterocycles. The fraction of sp³-hybridized carbons (Fsp3) is 0.923. The van der Waals surface area contributed by atoms with Gasteiger partial charge in [-0.25, -0.2) is 0 Å². The molecule has 2 N–H and O–H groups in total. The van der Waals surface area contributed by atoms with Crippen LogP contribution in [0.15, 0.2) is 0 Å². The van der Waals surface area contributed by atoms with E-state index in [1.807, 2.05) is 6.92 Å². The van der Waals surface area contributed by atoms with Crippen LogP contribution in [0, 0.1) is 5.92 Å². The van der Waals surface area contributed by atoms with E-state index in [9.17, 15) is 4.79 Å². The molecule has 98 valence electrons. The van der Waals surface area contributed by atoms with Gasteiger partial charge < -0.3 is 15.5 Å². The molecule has 3 rings (SSSR count). The van der Waals surface area contributed by atoms with Gasteiger partial charge in [-0.15, -0.1) is 0 Å². The Morgan fingerprint density at radius 2 is 2.12 bits per heavy atom. The van der Waals surface area contributed by atoms with Gasteiger partial charge in [0, 0.05) is 19.1 Å². The molecule has 2 unspecified atom stereocenters. The lowest BCUT2D eigenvalue weighted by atomic mass is 9.83. The molecule has 3 aliphatic heterocycles. The first kappa shape index (κ1) is 12.8. The van der Waals surface area contributed by atoms with Crippen molar-refractivity contribution < 1.29 is 4.79 Å². The minimum absolute atomic E-state index is 0.0629. The van der Waals surface area contributed by atoms with Crippen LogP contribution < -0.4 is 10.6 Å². The van der Waals surface area contributed by atoms with Crippen LogP contribution in [-0.4, -0.2) is 49.1 Å². The average molecular weight is 239 g/mol. The van der Waals surface area contributed by atoms with E-state index in [1.165, 1.54) is 25.9 Å². The van der Waals surface area contributed by atoms with Gasteiger partial charge in [-0.3, -0.25) is 4.79 Å². The number of piperidine rings is 3. The number of fused-ring (bicyclic) bond motifs is 3. The zero-order valence-electron chi connectivity index (χ0n) is 11.0. The maximum absolute atomic E-state index is 11.8. The molecule has 0 radical (unpaired) electrons. The van der Waals surface area contributed by atoms with Gasteiger partial charge in [-0.1, -0.05) is 6.92 Å². The van der Waals surface area contributed by atoms with E-state index < -0.39 is 0 Å². The Kier molecular flexibility index (Phi) is 4.40. The van der Waals surface area contributed by atoms with E-state index in [2.05, 4.69) is 22.5 Å². The minimum atomic E-state index is -0.0629. The van der Waals surface area contributed by atoms with Gasteiger partial charge in [-0.05, 0) is 45.2 Å². The molecule has 0 aromatic heterocycles. The quantitative estimate of drug-likeness (QED) is 0.738. The number of carbonyl (C=O) groups excluding carboxylic acids is 1. The summed E-state index contributed by atoms with van der Waals surface area (Å²) in [5.41, 5.74) is 0. The van der Waals surface area contributed by atoms with E-state index in [-0.39, 0.29) is 11.9 Å². The number of hydrogen-bond acceptors (Lipinski definition) is 3. The molecule has 4 nitrogen and oxygen atoms in total. The van der Waals surface area contributed by atoms with E-state index >= 15 is 0 Å². The zero-order chi connectivity index (χ0) is 12.3. The molecule has 3 heterocycles. The first-order valence-electron chi connectivity index (χ1n) is 6.96. The number of rotatable bonds is 5. The van der Waals surface area contributed by atoms with Crippen molar-refractivity contribution in [2.45, 2.75) is 45.2 Å².